The third-order valence-corrected chi connectivity index (χ3v) is 2.00. The fourth-order valence-electron chi connectivity index (χ4n) is 1.16. The van der Waals surface area contributed by atoms with Crippen LogP contribution in [0.5, 0.6) is 0 Å². The Kier molecular flexibility index (Phi) is 2.95. The number of benzene rings is 1. The van der Waals surface area contributed by atoms with E-state index < -0.39 is 17.7 Å². The monoisotopic (exact) mass is 186 g/mol. The van der Waals surface area contributed by atoms with Crippen LogP contribution in [0.3, 0.4) is 0 Å². The van der Waals surface area contributed by atoms with Gasteiger partial charge in [0.15, 0.2) is 0 Å². The van der Waals surface area contributed by atoms with Crippen LogP contribution >= 0.6 is 0 Å². The van der Waals surface area contributed by atoms with Gasteiger partial charge < -0.3 is 0 Å². The topological polar surface area (TPSA) is 38.0 Å². The highest BCUT2D eigenvalue weighted by Gasteiger charge is 2.16. The molecule has 0 aromatic heterocycles. The van der Waals surface area contributed by atoms with Crippen molar-refractivity contribution < 1.29 is 8.78 Å². The van der Waals surface area contributed by atoms with E-state index in [4.69, 9.17) is 5.84 Å². The van der Waals surface area contributed by atoms with Gasteiger partial charge in [0.25, 0.3) is 0 Å². The first-order valence-corrected chi connectivity index (χ1v) is 3.98. The molecular weight excluding hydrogens is 174 g/mol. The fraction of sp³-hybridized carbons (Fsp3) is 0.333. The van der Waals surface area contributed by atoms with Crippen LogP contribution in [0.2, 0.25) is 0 Å². The van der Waals surface area contributed by atoms with E-state index in [0.717, 1.165) is 0 Å². The molecule has 1 aromatic rings. The first-order chi connectivity index (χ1) is 6.07. The number of nitrogens with one attached hydrogen (secondary N) is 1. The Morgan fingerprint density at radius 1 is 1.38 bits per heavy atom. The lowest BCUT2D eigenvalue weighted by Crippen LogP contribution is -2.27. The summed E-state index contributed by atoms with van der Waals surface area (Å²) < 4.78 is 26.5. The summed E-state index contributed by atoms with van der Waals surface area (Å²) in [4.78, 5) is 0. The maximum Gasteiger partial charge on any atom is 0.133 e. The van der Waals surface area contributed by atoms with E-state index in [9.17, 15) is 8.78 Å². The quantitative estimate of drug-likeness (QED) is 0.546. The largest absolute Gasteiger partial charge is 0.271 e. The van der Waals surface area contributed by atoms with Gasteiger partial charge in [-0.15, -0.1) is 0 Å². The lowest BCUT2D eigenvalue weighted by molar-refractivity contribution is 0.493. The molecule has 72 valence electrons. The molecule has 4 heteroatoms. The molecule has 0 spiro atoms. The smallest absolute Gasteiger partial charge is 0.133 e. The predicted octanol–water partition coefficient (Wildman–Crippen LogP) is 1.80. The fourth-order valence-corrected chi connectivity index (χ4v) is 1.16. The molecule has 0 bridgehead atoms. The zero-order valence-electron chi connectivity index (χ0n) is 7.57. The molecular formula is C9H12F2N2. The van der Waals surface area contributed by atoms with Crippen LogP contribution in [0.1, 0.15) is 24.1 Å². The highest BCUT2D eigenvalue weighted by atomic mass is 19.1. The molecule has 2 nitrogen and oxygen atoms in total. The summed E-state index contributed by atoms with van der Waals surface area (Å²) in [5.74, 6) is 4.00. The van der Waals surface area contributed by atoms with Crippen LogP contribution in [0.25, 0.3) is 0 Å². The van der Waals surface area contributed by atoms with Crippen LogP contribution in [0, 0.1) is 18.6 Å². The molecule has 0 aliphatic carbocycles. The van der Waals surface area contributed by atoms with E-state index in [0.29, 0.717) is 5.56 Å². The van der Waals surface area contributed by atoms with Gasteiger partial charge in [0.05, 0.1) is 0 Å². The number of nitrogens with two attached hydrogens (primary N) is 1. The number of rotatable bonds is 2. The minimum Gasteiger partial charge on any atom is -0.271 e. The van der Waals surface area contributed by atoms with E-state index in [1.165, 1.54) is 12.1 Å². The van der Waals surface area contributed by atoms with Gasteiger partial charge in [-0.05, 0) is 25.5 Å². The minimum atomic E-state index is -0.575. The Balaban J connectivity index is 3.25. The van der Waals surface area contributed by atoms with E-state index in [2.05, 4.69) is 5.43 Å². The summed E-state index contributed by atoms with van der Waals surface area (Å²) in [6.07, 6.45) is 0. The number of halogens is 2. The van der Waals surface area contributed by atoms with Crippen molar-refractivity contribution in [2.75, 3.05) is 0 Å². The normalized spacial score (nSPS) is 13.0. The number of hydrogen-bond acceptors (Lipinski definition) is 2. The van der Waals surface area contributed by atoms with E-state index in [1.807, 2.05) is 0 Å². The summed E-state index contributed by atoms with van der Waals surface area (Å²) in [5.41, 5.74) is 2.71. The molecule has 0 radical (unpaired) electrons. The molecule has 0 saturated carbocycles. The summed E-state index contributed by atoms with van der Waals surface area (Å²) in [5, 5.41) is 0. The van der Waals surface area contributed by atoms with Gasteiger partial charge in [0.2, 0.25) is 0 Å². The molecule has 3 N–H and O–H groups in total. The number of hydrazine groups is 1. The van der Waals surface area contributed by atoms with Crippen LogP contribution in [-0.4, -0.2) is 0 Å². The van der Waals surface area contributed by atoms with Crippen molar-refractivity contribution in [1.82, 2.24) is 5.43 Å². The van der Waals surface area contributed by atoms with E-state index in [-0.39, 0.29) is 5.56 Å². The Hall–Kier alpha value is -1.00. The van der Waals surface area contributed by atoms with Crippen LogP contribution < -0.4 is 11.3 Å². The Labute approximate surface area is 75.7 Å². The molecule has 1 atom stereocenters. The first-order valence-electron chi connectivity index (χ1n) is 3.98. The van der Waals surface area contributed by atoms with Crippen molar-refractivity contribution in [3.8, 4) is 0 Å². The third-order valence-electron chi connectivity index (χ3n) is 2.00. The molecule has 0 saturated heterocycles. The summed E-state index contributed by atoms with van der Waals surface area (Å²) in [7, 11) is 0. The molecule has 0 fully saturated rings. The van der Waals surface area contributed by atoms with Crippen molar-refractivity contribution in [2.24, 2.45) is 5.84 Å². The van der Waals surface area contributed by atoms with Crippen molar-refractivity contribution in [3.63, 3.8) is 0 Å². The standard InChI is InChI=1S/C9H12F2N2/c1-5-3-4-7(10)8(9(5)11)6(2)13-12/h3-4,6,13H,12H2,1-2H3. The van der Waals surface area contributed by atoms with Gasteiger partial charge in [-0.25, -0.2) is 8.78 Å². The van der Waals surface area contributed by atoms with Crippen molar-refractivity contribution in [2.45, 2.75) is 19.9 Å². The Morgan fingerprint density at radius 2 is 2.00 bits per heavy atom. The highest BCUT2D eigenvalue weighted by molar-refractivity contribution is 5.28. The van der Waals surface area contributed by atoms with Gasteiger partial charge >= 0.3 is 0 Å². The second-order valence-corrected chi connectivity index (χ2v) is 2.98. The Morgan fingerprint density at radius 3 is 2.54 bits per heavy atom. The SMILES string of the molecule is Cc1ccc(F)c(C(C)NN)c1F. The number of aryl methyl sites for hydroxylation is 1. The average Bonchev–Trinajstić information content (AvgIpc) is 2.12. The van der Waals surface area contributed by atoms with Crippen molar-refractivity contribution >= 4 is 0 Å². The molecule has 13 heavy (non-hydrogen) atoms. The molecule has 0 amide bonds. The first kappa shape index (κ1) is 10.1. The van der Waals surface area contributed by atoms with E-state index in [1.54, 1.807) is 13.8 Å². The van der Waals surface area contributed by atoms with Crippen molar-refractivity contribution in [1.29, 1.82) is 0 Å². The summed E-state index contributed by atoms with van der Waals surface area (Å²) >= 11 is 0. The second-order valence-electron chi connectivity index (χ2n) is 2.98. The molecule has 0 aliphatic rings. The van der Waals surface area contributed by atoms with Crippen LogP contribution in [0.4, 0.5) is 8.78 Å². The molecule has 0 heterocycles. The van der Waals surface area contributed by atoms with E-state index >= 15 is 0 Å². The maximum absolute atomic E-state index is 13.4. The third kappa shape index (κ3) is 1.84. The van der Waals surface area contributed by atoms with Gasteiger partial charge in [-0.2, -0.15) is 0 Å². The number of hydrogen-bond donors (Lipinski definition) is 2. The zero-order valence-corrected chi connectivity index (χ0v) is 7.57. The van der Waals surface area contributed by atoms with Crippen molar-refractivity contribution in [3.05, 3.63) is 34.9 Å². The van der Waals surface area contributed by atoms with Gasteiger partial charge in [-0.3, -0.25) is 11.3 Å². The highest BCUT2D eigenvalue weighted by Crippen LogP contribution is 2.22. The Bertz CT molecular complexity index is 313. The van der Waals surface area contributed by atoms with Crippen LogP contribution in [-0.2, 0) is 0 Å². The van der Waals surface area contributed by atoms with Gasteiger partial charge in [0, 0.05) is 11.6 Å². The molecule has 1 aromatic carbocycles. The zero-order chi connectivity index (χ0) is 10.0. The molecule has 1 rings (SSSR count). The molecule has 0 aliphatic heterocycles. The van der Waals surface area contributed by atoms with Crippen LogP contribution in [0.15, 0.2) is 12.1 Å². The lowest BCUT2D eigenvalue weighted by Gasteiger charge is -2.13. The molecule has 1 unspecified atom stereocenters. The predicted molar refractivity (Wildman–Crippen MR) is 46.8 cm³/mol. The second kappa shape index (κ2) is 3.81. The summed E-state index contributed by atoms with van der Waals surface area (Å²) in [6, 6.07) is 2.11. The summed E-state index contributed by atoms with van der Waals surface area (Å²) in [6.45, 7) is 3.18. The minimum absolute atomic E-state index is 0.0116. The maximum atomic E-state index is 13.4. The van der Waals surface area contributed by atoms with Gasteiger partial charge in [-0.1, -0.05) is 6.07 Å². The van der Waals surface area contributed by atoms with Gasteiger partial charge in [0.1, 0.15) is 11.6 Å². The average molecular weight is 186 g/mol. The lowest BCUT2D eigenvalue weighted by atomic mass is 10.0.